The van der Waals surface area contributed by atoms with E-state index in [1.807, 2.05) is 45.9 Å². The molecule has 186 valence electrons. The summed E-state index contributed by atoms with van der Waals surface area (Å²) in [4.78, 5) is 22.4. The van der Waals surface area contributed by atoms with Gasteiger partial charge in [0.15, 0.2) is 5.13 Å². The Morgan fingerprint density at radius 3 is 2.50 bits per heavy atom. The number of nitrogens with zero attached hydrogens (tertiary/aromatic N) is 2. The van der Waals surface area contributed by atoms with Crippen molar-refractivity contribution in [3.05, 3.63) is 56.0 Å². The normalized spacial score (nSPS) is 10.1. The van der Waals surface area contributed by atoms with Gasteiger partial charge < -0.3 is 10.1 Å². The molecule has 0 saturated heterocycles. The van der Waals surface area contributed by atoms with E-state index in [-0.39, 0.29) is 0 Å². The number of anilines is 2. The number of hydrogen-bond donors (Lipinski definition) is 2. The molecular formula is C25H33BrClN3O2S2. The lowest BCUT2D eigenvalue weighted by Gasteiger charge is -2.07. The number of nitrogens with one attached hydrogen (secondary N) is 1. The third-order valence-corrected chi connectivity index (χ3v) is 6.06. The van der Waals surface area contributed by atoms with Gasteiger partial charge >= 0.3 is 5.97 Å². The Kier molecular flexibility index (Phi) is 13.8. The third-order valence-electron chi connectivity index (χ3n) is 4.22. The van der Waals surface area contributed by atoms with Crippen molar-refractivity contribution in [1.82, 2.24) is 9.97 Å². The maximum absolute atomic E-state index is 12.1. The third kappa shape index (κ3) is 8.87. The van der Waals surface area contributed by atoms with Crippen LogP contribution in [-0.2, 0) is 11.2 Å². The van der Waals surface area contributed by atoms with E-state index in [1.165, 1.54) is 7.11 Å². The van der Waals surface area contributed by atoms with Gasteiger partial charge in [0, 0.05) is 26.1 Å². The number of benzene rings is 1. The molecule has 0 radical (unpaired) electrons. The Bertz CT molecular complexity index is 1070. The number of carbonyl (C=O) groups is 1. The number of thiol groups is 1. The van der Waals surface area contributed by atoms with Crippen molar-refractivity contribution < 1.29 is 9.53 Å². The van der Waals surface area contributed by atoms with Crippen molar-refractivity contribution in [2.24, 2.45) is 5.92 Å². The van der Waals surface area contributed by atoms with Crippen molar-refractivity contribution >= 4 is 68.4 Å². The van der Waals surface area contributed by atoms with Gasteiger partial charge in [-0.2, -0.15) is 12.6 Å². The number of esters is 1. The molecule has 34 heavy (non-hydrogen) atoms. The van der Waals surface area contributed by atoms with Gasteiger partial charge in [0.2, 0.25) is 0 Å². The molecule has 0 spiro atoms. The van der Waals surface area contributed by atoms with Gasteiger partial charge in [0.1, 0.15) is 11.4 Å². The number of rotatable bonds is 6. The fourth-order valence-electron chi connectivity index (χ4n) is 2.79. The van der Waals surface area contributed by atoms with Crippen LogP contribution in [0.4, 0.5) is 10.9 Å². The van der Waals surface area contributed by atoms with Gasteiger partial charge in [-0.3, -0.25) is 0 Å². The molecule has 2 aromatic heterocycles. The zero-order chi connectivity index (χ0) is 25.8. The molecule has 2 heterocycles. The van der Waals surface area contributed by atoms with E-state index >= 15 is 0 Å². The van der Waals surface area contributed by atoms with Gasteiger partial charge in [-0.1, -0.05) is 58.4 Å². The molecule has 0 unspecified atom stereocenters. The first-order chi connectivity index (χ1) is 16.2. The molecule has 0 aliphatic carbocycles. The minimum atomic E-state index is -0.467. The van der Waals surface area contributed by atoms with Gasteiger partial charge in [-0.25, -0.2) is 14.8 Å². The number of thiazole rings is 1. The molecule has 3 rings (SSSR count). The monoisotopic (exact) mass is 585 g/mol. The van der Waals surface area contributed by atoms with E-state index in [0.717, 1.165) is 33.9 Å². The quantitative estimate of drug-likeness (QED) is 0.224. The number of methoxy groups -OCH3 is 1. The fourth-order valence-corrected chi connectivity index (χ4v) is 4.49. The van der Waals surface area contributed by atoms with Gasteiger partial charge in [0.25, 0.3) is 0 Å². The molecule has 0 aliphatic rings. The number of ether oxygens (including phenoxy) is 1. The van der Waals surface area contributed by atoms with E-state index in [9.17, 15) is 4.79 Å². The van der Waals surface area contributed by atoms with Gasteiger partial charge in [0.05, 0.1) is 12.8 Å². The zero-order valence-corrected chi connectivity index (χ0v) is 24.8. The fraction of sp³-hybridized carbons (Fsp3) is 0.400. The second kappa shape index (κ2) is 15.4. The number of aromatic nitrogens is 2. The van der Waals surface area contributed by atoms with Crippen molar-refractivity contribution in [2.45, 2.75) is 48.0 Å². The summed E-state index contributed by atoms with van der Waals surface area (Å²) >= 11 is 15.0. The van der Waals surface area contributed by atoms with E-state index in [1.54, 1.807) is 23.6 Å². The number of halogens is 2. The number of carbonyl (C=O) groups excluding carboxylic acids is 1. The van der Waals surface area contributed by atoms with Crippen molar-refractivity contribution in [1.29, 1.82) is 0 Å². The lowest BCUT2D eigenvalue weighted by molar-refractivity contribution is 0.0601. The van der Waals surface area contributed by atoms with Crippen LogP contribution in [0.25, 0.3) is 11.3 Å². The first kappa shape index (κ1) is 30.4. The van der Waals surface area contributed by atoms with E-state index in [2.05, 4.69) is 52.7 Å². The molecule has 1 N–H and O–H groups in total. The van der Waals surface area contributed by atoms with Crippen molar-refractivity contribution in [3.8, 4) is 11.3 Å². The van der Waals surface area contributed by atoms with Crippen LogP contribution in [-0.4, -0.2) is 28.8 Å². The molecule has 0 aliphatic heterocycles. The summed E-state index contributed by atoms with van der Waals surface area (Å²) in [7, 11) is 1.34. The molecule has 1 aromatic carbocycles. The Labute approximate surface area is 226 Å². The van der Waals surface area contributed by atoms with Crippen molar-refractivity contribution in [2.75, 3.05) is 18.2 Å². The highest BCUT2D eigenvalue weighted by atomic mass is 79.9. The van der Waals surface area contributed by atoms with E-state index in [0.29, 0.717) is 31.9 Å². The predicted molar refractivity (Wildman–Crippen MR) is 153 cm³/mol. The second-order valence-corrected chi connectivity index (χ2v) is 10.4. The summed E-state index contributed by atoms with van der Waals surface area (Å²) in [5, 5.41) is 4.56. The SMILES string of the molecule is CC.CCS.COC(=O)c1cc(Br)cnc1Nc1nc(-c2ccc(C)c(Cl)c2)c(CC(C)C)s1. The summed E-state index contributed by atoms with van der Waals surface area (Å²) in [6.45, 7) is 12.3. The molecule has 0 bridgehead atoms. The predicted octanol–water partition coefficient (Wildman–Crippen LogP) is 8.62. The summed E-state index contributed by atoms with van der Waals surface area (Å²) in [5.41, 5.74) is 3.22. The average Bonchev–Trinajstić information content (AvgIpc) is 3.19. The molecule has 0 atom stereocenters. The second-order valence-electron chi connectivity index (χ2n) is 7.34. The molecular weight excluding hydrogens is 554 g/mol. The summed E-state index contributed by atoms with van der Waals surface area (Å²) in [5.74, 6) is 1.35. The Hall–Kier alpha value is -1.61. The highest BCUT2D eigenvalue weighted by Gasteiger charge is 2.19. The molecule has 9 heteroatoms. The van der Waals surface area contributed by atoms with Crippen LogP contribution in [0.1, 0.15) is 55.4 Å². The van der Waals surface area contributed by atoms with Crippen LogP contribution in [0, 0.1) is 12.8 Å². The Morgan fingerprint density at radius 2 is 1.94 bits per heavy atom. The number of hydrogen-bond acceptors (Lipinski definition) is 7. The van der Waals surface area contributed by atoms with Crippen LogP contribution in [0.15, 0.2) is 34.9 Å². The minimum absolute atomic E-state index is 0.336. The summed E-state index contributed by atoms with van der Waals surface area (Å²) in [6, 6.07) is 7.64. The molecule has 0 amide bonds. The first-order valence-corrected chi connectivity index (χ1v) is 13.7. The lowest BCUT2D eigenvalue weighted by Crippen LogP contribution is -2.07. The molecule has 3 aromatic rings. The van der Waals surface area contributed by atoms with Crippen LogP contribution in [0.5, 0.6) is 0 Å². The van der Waals surface area contributed by atoms with Gasteiger partial charge in [-0.05, 0) is 58.6 Å². The Balaban J connectivity index is 0.00000107. The number of pyridine rings is 1. The highest BCUT2D eigenvalue weighted by molar-refractivity contribution is 9.10. The highest BCUT2D eigenvalue weighted by Crippen LogP contribution is 2.36. The molecule has 5 nitrogen and oxygen atoms in total. The van der Waals surface area contributed by atoms with Crippen LogP contribution < -0.4 is 5.32 Å². The topological polar surface area (TPSA) is 64.1 Å². The smallest absolute Gasteiger partial charge is 0.341 e. The van der Waals surface area contributed by atoms with Gasteiger partial charge in [-0.15, -0.1) is 11.3 Å². The van der Waals surface area contributed by atoms with Crippen LogP contribution in [0.3, 0.4) is 0 Å². The average molecular weight is 587 g/mol. The van der Waals surface area contributed by atoms with E-state index < -0.39 is 5.97 Å². The maximum Gasteiger partial charge on any atom is 0.341 e. The first-order valence-electron chi connectivity index (χ1n) is 11.1. The van der Waals surface area contributed by atoms with Crippen LogP contribution >= 0.6 is 51.5 Å². The maximum atomic E-state index is 12.1. The standard InChI is InChI=1S/C21H21BrClN3O2S.C2H6S.C2H6/c1-11(2)7-17-18(13-6-5-12(3)16(23)8-13)25-21(29-17)26-19-15(20(27)28-4)9-14(22)10-24-19;1-2-3;1-2/h5-6,8-11H,7H2,1-4H3,(H,24,25,26);3H,2H2,1H3;1-2H3. The number of aryl methyl sites for hydroxylation is 1. The largest absolute Gasteiger partial charge is 0.465 e. The zero-order valence-electron chi connectivity index (χ0n) is 20.7. The van der Waals surface area contributed by atoms with E-state index in [4.69, 9.17) is 21.3 Å². The summed E-state index contributed by atoms with van der Waals surface area (Å²) < 4.78 is 5.57. The lowest BCUT2D eigenvalue weighted by atomic mass is 10.0. The molecule has 0 saturated carbocycles. The van der Waals surface area contributed by atoms with Crippen molar-refractivity contribution in [3.63, 3.8) is 0 Å². The molecule has 0 fully saturated rings. The van der Waals surface area contributed by atoms with Crippen LogP contribution in [0.2, 0.25) is 5.02 Å². The minimum Gasteiger partial charge on any atom is -0.465 e. The Morgan fingerprint density at radius 1 is 1.29 bits per heavy atom. The summed E-state index contributed by atoms with van der Waals surface area (Å²) in [6.07, 6.45) is 2.51.